The monoisotopic (exact) mass is 489 g/mol. The molecule has 5 nitrogen and oxygen atoms in total. The van der Waals surface area contributed by atoms with Crippen molar-refractivity contribution in [2.75, 3.05) is 11.0 Å². The van der Waals surface area contributed by atoms with Crippen molar-refractivity contribution in [2.24, 2.45) is 0 Å². The molecule has 0 atom stereocenters. The molecule has 1 aromatic heterocycles. The molecule has 0 amide bonds. The smallest absolute Gasteiger partial charge is 0.163 e. The molecular weight excluding hydrogens is 473 g/mol. The second-order valence-electron chi connectivity index (χ2n) is 6.22. The number of fused-ring (bicyclic) bond motifs is 1. The summed E-state index contributed by atoms with van der Waals surface area (Å²) in [6, 6.07) is 19.9. The van der Waals surface area contributed by atoms with Crippen molar-refractivity contribution < 1.29 is 13.9 Å². The molecule has 0 aliphatic rings. The summed E-state index contributed by atoms with van der Waals surface area (Å²) in [6.45, 7) is 0.403. The van der Waals surface area contributed by atoms with Gasteiger partial charge < -0.3 is 9.47 Å². The Morgan fingerprint density at radius 2 is 1.70 bits per heavy atom. The van der Waals surface area contributed by atoms with Gasteiger partial charge in [0.05, 0.1) is 34.5 Å². The molecule has 0 bridgehead atoms. The number of halogens is 3. The summed E-state index contributed by atoms with van der Waals surface area (Å²) in [5.74, 6) is 1.23. The molecule has 4 rings (SSSR count). The molecule has 154 valence electrons. The third-order valence-corrected chi connectivity index (χ3v) is 5.10. The van der Waals surface area contributed by atoms with Crippen molar-refractivity contribution in [1.82, 2.24) is 9.97 Å². The van der Waals surface area contributed by atoms with Crippen LogP contribution >= 0.6 is 28.6 Å². The lowest BCUT2D eigenvalue weighted by atomic mass is 10.2. The van der Waals surface area contributed by atoms with Gasteiger partial charge in [0.15, 0.2) is 17.3 Å². The molecule has 0 aliphatic carbocycles. The first-order valence-electron chi connectivity index (χ1n) is 8.87. The molecule has 4 aromatic rings. The van der Waals surface area contributed by atoms with Gasteiger partial charge in [-0.2, -0.15) is 0 Å². The topological polar surface area (TPSA) is 47.5 Å². The Morgan fingerprint density at radius 3 is 2.43 bits per heavy atom. The maximum Gasteiger partial charge on any atom is 0.163 e. The molecule has 30 heavy (non-hydrogen) atoms. The van der Waals surface area contributed by atoms with Crippen LogP contribution in [0.4, 0.5) is 15.9 Å². The van der Waals surface area contributed by atoms with E-state index in [1.165, 1.54) is 16.3 Å². The van der Waals surface area contributed by atoms with E-state index in [4.69, 9.17) is 9.47 Å². The molecule has 0 radical (unpaired) electrons. The Balaban J connectivity index is 0.00000256. The molecule has 1 heterocycles. The van der Waals surface area contributed by atoms with Gasteiger partial charge in [0.1, 0.15) is 18.8 Å². The lowest BCUT2D eigenvalue weighted by Gasteiger charge is -2.19. The van der Waals surface area contributed by atoms with E-state index in [1.54, 1.807) is 37.4 Å². The van der Waals surface area contributed by atoms with E-state index in [1.807, 2.05) is 30.3 Å². The molecule has 0 saturated heterocycles. The number of ether oxygens (including phenoxy) is 2. The highest BCUT2D eigenvalue weighted by Gasteiger charge is 2.18. The molecule has 0 fully saturated rings. The molecule has 0 spiro atoms. The van der Waals surface area contributed by atoms with Crippen LogP contribution < -0.4 is 13.4 Å². The molecule has 0 aliphatic heterocycles. The fourth-order valence-corrected chi connectivity index (χ4v) is 3.51. The number of benzene rings is 3. The van der Waals surface area contributed by atoms with Crippen LogP contribution in [0, 0.1) is 5.82 Å². The molecule has 0 saturated carbocycles. The van der Waals surface area contributed by atoms with Crippen LogP contribution in [0.5, 0.6) is 11.5 Å². The average molecular weight is 491 g/mol. The maximum atomic E-state index is 14.2. The van der Waals surface area contributed by atoms with Gasteiger partial charge in [-0.25, -0.2) is 14.4 Å². The van der Waals surface area contributed by atoms with E-state index < -0.39 is 0 Å². The summed E-state index contributed by atoms with van der Waals surface area (Å²) in [4.78, 5) is 8.67. The summed E-state index contributed by atoms with van der Waals surface area (Å²) >= 11 is 3.42. The van der Waals surface area contributed by atoms with Gasteiger partial charge in [0.2, 0.25) is 0 Å². The maximum absolute atomic E-state index is 14.2. The summed E-state index contributed by atoms with van der Waals surface area (Å²) in [5, 5.41) is 0.691. The zero-order chi connectivity index (χ0) is 20.2. The van der Waals surface area contributed by atoms with Gasteiger partial charge in [0.25, 0.3) is 0 Å². The molecule has 0 unspecified atom stereocenters. The third kappa shape index (κ3) is 4.47. The highest BCUT2D eigenvalue weighted by Crippen LogP contribution is 2.39. The zero-order valence-corrected chi connectivity index (χ0v) is 18.4. The Morgan fingerprint density at radius 1 is 0.967 bits per heavy atom. The van der Waals surface area contributed by atoms with Gasteiger partial charge in [-0.3, -0.25) is 3.93 Å². The van der Waals surface area contributed by atoms with Gasteiger partial charge >= 0.3 is 0 Å². The fraction of sp³-hybridized carbons (Fsp3) is 0.0909. The van der Waals surface area contributed by atoms with E-state index in [2.05, 4.69) is 26.1 Å². The Kier molecular flexibility index (Phi) is 7.07. The highest BCUT2D eigenvalue weighted by molar-refractivity contribution is 9.10. The van der Waals surface area contributed by atoms with E-state index >= 15 is 0 Å². The minimum absolute atomic E-state index is 0. The van der Waals surface area contributed by atoms with Gasteiger partial charge in [-0.1, -0.05) is 42.5 Å². The summed E-state index contributed by atoms with van der Waals surface area (Å²) < 4.78 is 27.2. The van der Waals surface area contributed by atoms with Gasteiger partial charge in [-0.15, -0.1) is 12.4 Å². The Bertz CT molecular complexity index is 1150. The van der Waals surface area contributed by atoms with Crippen LogP contribution in [0.1, 0.15) is 5.56 Å². The number of anilines is 2. The second kappa shape index (κ2) is 9.73. The molecular formula is C22H18BrClFN3O2. The van der Waals surface area contributed by atoms with Crippen molar-refractivity contribution in [3.05, 3.63) is 84.4 Å². The van der Waals surface area contributed by atoms with E-state index in [0.717, 1.165) is 5.56 Å². The summed E-state index contributed by atoms with van der Waals surface area (Å²) in [7, 11) is 1.57. The standard InChI is InChI=1S/C22H17BrFN3O2.ClH/c1-28-20-11-16-18(12-21(20)29-13-15-7-3-2-4-8-15)25-14-26-22(16)27(23)19-10-6-5-9-17(19)24;/h2-12,14H,13H2,1H3;1H. The first kappa shape index (κ1) is 21.8. The number of para-hydroxylation sites is 1. The van der Waals surface area contributed by atoms with Crippen molar-refractivity contribution in [2.45, 2.75) is 6.61 Å². The Labute approximate surface area is 188 Å². The predicted molar refractivity (Wildman–Crippen MR) is 122 cm³/mol. The van der Waals surface area contributed by atoms with Crippen molar-refractivity contribution in [3.8, 4) is 11.5 Å². The minimum atomic E-state index is -0.370. The van der Waals surface area contributed by atoms with Crippen LogP contribution in [-0.2, 0) is 6.61 Å². The van der Waals surface area contributed by atoms with Crippen LogP contribution in [0.15, 0.2) is 73.1 Å². The largest absolute Gasteiger partial charge is 0.493 e. The molecule has 3 aromatic carbocycles. The second-order valence-corrected chi connectivity index (χ2v) is 6.93. The van der Waals surface area contributed by atoms with E-state index in [9.17, 15) is 4.39 Å². The van der Waals surface area contributed by atoms with Crippen LogP contribution in [0.2, 0.25) is 0 Å². The van der Waals surface area contributed by atoms with Crippen molar-refractivity contribution in [1.29, 1.82) is 0 Å². The lowest BCUT2D eigenvalue weighted by molar-refractivity contribution is 0.285. The molecule has 8 heteroatoms. The SMILES string of the molecule is COc1cc2c(N(Br)c3ccccc3F)ncnc2cc1OCc1ccccc1.Cl. The highest BCUT2D eigenvalue weighted by atomic mass is 79.9. The van der Waals surface area contributed by atoms with Crippen molar-refractivity contribution in [3.63, 3.8) is 0 Å². The minimum Gasteiger partial charge on any atom is -0.493 e. The Hall–Kier alpha value is -2.90. The first-order chi connectivity index (χ1) is 14.2. The van der Waals surface area contributed by atoms with Gasteiger partial charge in [-0.05, 0) is 23.8 Å². The number of hydrogen-bond donors (Lipinski definition) is 0. The van der Waals surface area contributed by atoms with E-state index in [0.29, 0.717) is 40.5 Å². The van der Waals surface area contributed by atoms with Crippen LogP contribution in [-0.4, -0.2) is 17.1 Å². The number of rotatable bonds is 6. The van der Waals surface area contributed by atoms with Gasteiger partial charge in [0, 0.05) is 11.5 Å². The predicted octanol–water partition coefficient (Wildman–Crippen LogP) is 6.23. The summed E-state index contributed by atoms with van der Waals surface area (Å²) in [5.41, 5.74) is 2.04. The quantitative estimate of drug-likeness (QED) is 0.300. The first-order valence-corrected chi connectivity index (χ1v) is 9.58. The average Bonchev–Trinajstić information content (AvgIpc) is 2.77. The third-order valence-electron chi connectivity index (χ3n) is 4.39. The lowest BCUT2D eigenvalue weighted by Crippen LogP contribution is -2.07. The van der Waals surface area contributed by atoms with E-state index in [-0.39, 0.29) is 18.2 Å². The number of aromatic nitrogens is 2. The normalized spacial score (nSPS) is 10.4. The van der Waals surface area contributed by atoms with Crippen LogP contribution in [0.25, 0.3) is 10.9 Å². The zero-order valence-electron chi connectivity index (χ0n) is 16.0. The number of methoxy groups -OCH3 is 1. The molecule has 0 N–H and O–H groups in total. The fourth-order valence-electron chi connectivity index (χ4n) is 2.94. The van der Waals surface area contributed by atoms with Crippen molar-refractivity contribution >= 4 is 51.0 Å². The number of nitrogens with zero attached hydrogens (tertiary/aromatic N) is 3. The number of hydrogen-bond acceptors (Lipinski definition) is 5. The summed E-state index contributed by atoms with van der Waals surface area (Å²) in [6.07, 6.45) is 1.43. The van der Waals surface area contributed by atoms with Crippen LogP contribution in [0.3, 0.4) is 0 Å².